The van der Waals surface area contributed by atoms with E-state index in [4.69, 9.17) is 20.6 Å². The molecule has 0 unspecified atom stereocenters. The molecule has 2 aromatic carbocycles. The fourth-order valence-electron chi connectivity index (χ4n) is 3.34. The van der Waals surface area contributed by atoms with Crippen LogP contribution in [0.2, 0.25) is 5.02 Å². The van der Waals surface area contributed by atoms with Gasteiger partial charge >= 0.3 is 7.60 Å². The van der Waals surface area contributed by atoms with Gasteiger partial charge in [0.15, 0.2) is 10.8 Å². The Morgan fingerprint density at radius 3 is 2.36 bits per heavy atom. The minimum atomic E-state index is -3.19. The number of phenols is 1. The van der Waals surface area contributed by atoms with Crippen molar-refractivity contribution in [1.29, 1.82) is 0 Å². The van der Waals surface area contributed by atoms with Crippen molar-refractivity contribution in [2.75, 3.05) is 18.7 Å². The number of para-hydroxylation sites is 1. The van der Waals surface area contributed by atoms with Crippen LogP contribution in [0.3, 0.4) is 0 Å². The molecule has 172 valence electrons. The summed E-state index contributed by atoms with van der Waals surface area (Å²) in [5, 5.41) is 11.1. The van der Waals surface area contributed by atoms with Crippen LogP contribution in [0.15, 0.2) is 59.8 Å². The third-order valence-corrected chi connectivity index (χ3v) is 8.63. The Kier molecular flexibility index (Phi) is 7.41. The zero-order valence-corrected chi connectivity index (χ0v) is 20.6. The highest BCUT2D eigenvalue weighted by molar-refractivity contribution is 8.04. The quantitative estimate of drug-likeness (QED) is 0.188. The van der Waals surface area contributed by atoms with E-state index in [0.717, 1.165) is 16.7 Å². The molecule has 0 atom stereocenters. The Bertz CT molecular complexity index is 1300. The molecular weight excluding hydrogens is 481 g/mol. The van der Waals surface area contributed by atoms with Crippen molar-refractivity contribution in [2.24, 2.45) is 0 Å². The molecule has 2 heterocycles. The Morgan fingerprint density at radius 1 is 1.03 bits per heavy atom. The van der Waals surface area contributed by atoms with Gasteiger partial charge in [0.2, 0.25) is 0 Å². The van der Waals surface area contributed by atoms with E-state index in [0.29, 0.717) is 40.3 Å². The van der Waals surface area contributed by atoms with Gasteiger partial charge in [-0.05, 0) is 31.5 Å². The van der Waals surface area contributed by atoms with E-state index in [1.165, 1.54) is 11.8 Å². The topological polar surface area (TPSA) is 97.3 Å². The van der Waals surface area contributed by atoms with Gasteiger partial charge in [0.05, 0.1) is 29.4 Å². The zero-order chi connectivity index (χ0) is 23.4. The normalized spacial score (nSPS) is 11.8. The number of pyridine rings is 1. The highest BCUT2D eigenvalue weighted by Crippen LogP contribution is 2.51. The van der Waals surface area contributed by atoms with E-state index in [-0.39, 0.29) is 11.2 Å². The fraction of sp³-hybridized carbons (Fsp3) is 0.217. The number of hydrogen-bond donors (Lipinski definition) is 2. The fourth-order valence-corrected chi connectivity index (χ4v) is 6.51. The van der Waals surface area contributed by atoms with Gasteiger partial charge in [-0.15, -0.1) is 0 Å². The van der Waals surface area contributed by atoms with Gasteiger partial charge in [0.25, 0.3) is 0 Å². The maximum absolute atomic E-state index is 12.7. The second-order valence-electron chi connectivity index (χ2n) is 7.05. The first-order valence-electron chi connectivity index (χ1n) is 10.4. The van der Waals surface area contributed by atoms with Gasteiger partial charge in [-0.3, -0.25) is 4.57 Å². The van der Waals surface area contributed by atoms with Crippen molar-refractivity contribution < 1.29 is 18.7 Å². The smallest absolute Gasteiger partial charge is 0.340 e. The van der Waals surface area contributed by atoms with Gasteiger partial charge < -0.3 is 19.1 Å². The number of aromatic nitrogens is 3. The number of fused-ring (bicyclic) bond motifs is 1. The number of hydrogen-bond acceptors (Lipinski definition) is 7. The summed E-state index contributed by atoms with van der Waals surface area (Å²) in [6, 6.07) is 16.6. The van der Waals surface area contributed by atoms with Crippen LogP contribution in [0.1, 0.15) is 13.8 Å². The zero-order valence-electron chi connectivity index (χ0n) is 18.1. The molecule has 0 saturated heterocycles. The third kappa shape index (κ3) is 5.42. The van der Waals surface area contributed by atoms with E-state index in [2.05, 4.69) is 15.0 Å². The highest BCUT2D eigenvalue weighted by Gasteiger charge is 2.24. The molecule has 2 N–H and O–H groups in total. The van der Waals surface area contributed by atoms with Gasteiger partial charge in [-0.25, -0.2) is 9.97 Å². The standard InChI is InChI=1S/C23H23ClN3O4PS/c1-3-30-32(29,31-4-2)14-33-23-25-19-13-18(24)21(26-22(19)27-23)16-11-9-15(10-12-16)17-7-5-6-8-20(17)28/h5-13,28H,3-4,14H2,1-2H3,(H,25,26,27). The van der Waals surface area contributed by atoms with Crippen LogP contribution >= 0.6 is 31.0 Å². The molecule has 0 spiro atoms. The largest absolute Gasteiger partial charge is 0.507 e. The summed E-state index contributed by atoms with van der Waals surface area (Å²) in [6.07, 6.45) is 0. The number of imidazole rings is 1. The molecule has 0 saturated carbocycles. The second kappa shape index (κ2) is 10.3. The molecule has 0 aliphatic rings. The van der Waals surface area contributed by atoms with Crippen molar-refractivity contribution in [2.45, 2.75) is 19.0 Å². The van der Waals surface area contributed by atoms with E-state index >= 15 is 0 Å². The molecule has 0 bridgehead atoms. The molecular formula is C23H23ClN3O4PS. The van der Waals surface area contributed by atoms with Crippen molar-refractivity contribution in [3.8, 4) is 28.1 Å². The summed E-state index contributed by atoms with van der Waals surface area (Å²) < 4.78 is 23.3. The number of thioether (sulfide) groups is 1. The van der Waals surface area contributed by atoms with Gasteiger partial charge in [0.1, 0.15) is 11.2 Å². The number of nitrogens with one attached hydrogen (secondary N) is 1. The minimum absolute atomic E-state index is 0.142. The molecule has 0 radical (unpaired) electrons. The Balaban J connectivity index is 1.58. The van der Waals surface area contributed by atoms with Gasteiger partial charge in [-0.2, -0.15) is 0 Å². The summed E-state index contributed by atoms with van der Waals surface area (Å²) >= 11 is 7.77. The first-order valence-corrected chi connectivity index (χ1v) is 13.5. The molecule has 0 fully saturated rings. The maximum Gasteiger partial charge on any atom is 0.340 e. The van der Waals surface area contributed by atoms with E-state index in [1.54, 1.807) is 32.0 Å². The van der Waals surface area contributed by atoms with Crippen LogP contribution in [0.25, 0.3) is 33.5 Å². The lowest BCUT2D eigenvalue weighted by molar-refractivity contribution is 0.224. The second-order valence-corrected chi connectivity index (χ2v) is 10.9. The predicted octanol–water partition coefficient (Wildman–Crippen LogP) is 6.97. The maximum atomic E-state index is 12.7. The molecule has 4 rings (SSSR count). The highest BCUT2D eigenvalue weighted by atomic mass is 35.5. The minimum Gasteiger partial charge on any atom is -0.507 e. The molecule has 4 aromatic rings. The molecule has 0 aliphatic carbocycles. The summed E-state index contributed by atoms with van der Waals surface area (Å²) in [5.74, 6) is 0.225. The Hall–Kier alpha value is -2.35. The summed E-state index contributed by atoms with van der Waals surface area (Å²) in [4.78, 5) is 12.3. The van der Waals surface area contributed by atoms with Crippen molar-refractivity contribution in [3.63, 3.8) is 0 Å². The van der Waals surface area contributed by atoms with Crippen molar-refractivity contribution in [3.05, 3.63) is 59.6 Å². The summed E-state index contributed by atoms with van der Waals surface area (Å²) in [6.45, 7) is 4.17. The number of phenolic OH excluding ortho intramolecular Hbond substituents is 1. The third-order valence-electron chi connectivity index (χ3n) is 4.79. The average Bonchev–Trinajstić information content (AvgIpc) is 3.20. The first-order chi connectivity index (χ1) is 15.9. The lowest BCUT2D eigenvalue weighted by Crippen LogP contribution is -1.98. The van der Waals surface area contributed by atoms with E-state index < -0.39 is 7.60 Å². The predicted molar refractivity (Wildman–Crippen MR) is 133 cm³/mol. The number of aromatic hydroxyl groups is 1. The van der Waals surface area contributed by atoms with Crippen LogP contribution in [0.4, 0.5) is 0 Å². The lowest BCUT2D eigenvalue weighted by Gasteiger charge is -2.15. The van der Waals surface area contributed by atoms with E-state index in [1.807, 2.05) is 36.4 Å². The number of aromatic amines is 1. The van der Waals surface area contributed by atoms with Gasteiger partial charge in [-0.1, -0.05) is 65.8 Å². The molecule has 7 nitrogen and oxygen atoms in total. The monoisotopic (exact) mass is 503 g/mol. The Morgan fingerprint density at radius 2 is 1.70 bits per heavy atom. The van der Waals surface area contributed by atoms with Crippen LogP contribution in [-0.2, 0) is 13.6 Å². The van der Waals surface area contributed by atoms with Crippen molar-refractivity contribution >= 4 is 42.1 Å². The van der Waals surface area contributed by atoms with Crippen molar-refractivity contribution in [1.82, 2.24) is 15.0 Å². The van der Waals surface area contributed by atoms with Crippen LogP contribution in [0, 0.1) is 0 Å². The number of H-pyrrole nitrogens is 1. The number of rotatable bonds is 9. The lowest BCUT2D eigenvalue weighted by atomic mass is 10.0. The molecule has 0 aliphatic heterocycles. The molecule has 33 heavy (non-hydrogen) atoms. The van der Waals surface area contributed by atoms with E-state index in [9.17, 15) is 9.67 Å². The molecule has 0 amide bonds. The molecule has 10 heteroatoms. The molecule has 2 aromatic heterocycles. The average molecular weight is 504 g/mol. The van der Waals surface area contributed by atoms with Crippen LogP contribution in [0.5, 0.6) is 5.75 Å². The van der Waals surface area contributed by atoms with Crippen LogP contribution < -0.4 is 0 Å². The van der Waals surface area contributed by atoms with Gasteiger partial charge in [0, 0.05) is 11.1 Å². The number of halogens is 1. The SMILES string of the molecule is CCOP(=O)(CSc1nc2nc(-c3ccc(-c4ccccc4O)cc3)c(Cl)cc2[nH]1)OCC. The number of nitrogens with zero attached hydrogens (tertiary/aromatic N) is 2. The summed E-state index contributed by atoms with van der Waals surface area (Å²) in [5.41, 5.74) is 4.40. The Labute approximate surface area is 201 Å². The number of benzene rings is 2. The summed E-state index contributed by atoms with van der Waals surface area (Å²) in [7, 11) is -3.19. The first kappa shape index (κ1) is 23.8. The van der Waals surface area contributed by atoms with Crippen LogP contribution in [-0.4, -0.2) is 38.8 Å².